The van der Waals surface area contributed by atoms with E-state index < -0.39 is 0 Å². The fourth-order valence-electron chi connectivity index (χ4n) is 1.49. The maximum Gasteiger partial charge on any atom is 0.00852 e. The molecule has 0 amide bonds. The molecule has 0 heterocycles. The van der Waals surface area contributed by atoms with Gasteiger partial charge in [0.25, 0.3) is 0 Å². The minimum Gasteiger partial charge on any atom is -0.327 e. The van der Waals surface area contributed by atoms with Gasteiger partial charge in [-0.05, 0) is 25.0 Å². The largest absolute Gasteiger partial charge is 0.327 e. The molecule has 1 rings (SSSR count). The first kappa shape index (κ1) is 7.42. The van der Waals surface area contributed by atoms with Gasteiger partial charge in [0.05, 0.1) is 0 Å². The van der Waals surface area contributed by atoms with E-state index in [9.17, 15) is 0 Å². The molecule has 2 N–H and O–H groups in total. The molecule has 1 nitrogen and oxygen atoms in total. The molecule has 0 radical (unpaired) electrons. The molecule has 0 aromatic carbocycles. The van der Waals surface area contributed by atoms with Gasteiger partial charge in [-0.1, -0.05) is 6.92 Å². The van der Waals surface area contributed by atoms with Gasteiger partial charge < -0.3 is 5.73 Å². The highest BCUT2D eigenvalue weighted by Gasteiger charge is 2.28. The topological polar surface area (TPSA) is 26.0 Å². The highest BCUT2D eigenvalue weighted by molar-refractivity contribution is 7.99. The molecule has 1 saturated carbocycles. The predicted octanol–water partition coefficient (Wildman–Crippen LogP) is 1.48. The molecule has 0 bridgehead atoms. The Bertz CT molecular complexity index is 94.9. The van der Waals surface area contributed by atoms with Crippen molar-refractivity contribution < 1.29 is 0 Å². The third-order valence-corrected chi connectivity index (χ3v) is 3.62. The Morgan fingerprint density at radius 3 is 2.33 bits per heavy atom. The highest BCUT2D eigenvalue weighted by atomic mass is 32.2. The van der Waals surface area contributed by atoms with Gasteiger partial charge in [-0.3, -0.25) is 0 Å². The number of nitrogens with two attached hydrogens (primary N) is 1. The zero-order valence-electron chi connectivity index (χ0n) is 6.13. The first-order valence-corrected chi connectivity index (χ1v) is 4.83. The molecular formula is C7H15NS. The molecule has 54 valence electrons. The lowest BCUT2D eigenvalue weighted by Gasteiger charge is -2.14. The zero-order chi connectivity index (χ0) is 6.85. The summed E-state index contributed by atoms with van der Waals surface area (Å²) in [5.74, 6) is 0.736. The summed E-state index contributed by atoms with van der Waals surface area (Å²) in [4.78, 5) is 0. The van der Waals surface area contributed by atoms with Crippen molar-refractivity contribution in [3.8, 4) is 0 Å². The molecule has 1 aliphatic carbocycles. The van der Waals surface area contributed by atoms with E-state index in [-0.39, 0.29) is 0 Å². The Kier molecular flexibility index (Phi) is 2.42. The van der Waals surface area contributed by atoms with Crippen molar-refractivity contribution in [1.82, 2.24) is 0 Å². The van der Waals surface area contributed by atoms with Gasteiger partial charge in [0, 0.05) is 11.3 Å². The van der Waals surface area contributed by atoms with E-state index >= 15 is 0 Å². The van der Waals surface area contributed by atoms with Crippen LogP contribution in [-0.4, -0.2) is 17.5 Å². The number of hydrogen-bond donors (Lipinski definition) is 1. The van der Waals surface area contributed by atoms with Crippen molar-refractivity contribution in [2.75, 3.05) is 6.26 Å². The smallest absolute Gasteiger partial charge is 0.00852 e. The van der Waals surface area contributed by atoms with Gasteiger partial charge in [-0.15, -0.1) is 0 Å². The van der Waals surface area contributed by atoms with Crippen molar-refractivity contribution in [2.24, 2.45) is 11.7 Å². The maximum absolute atomic E-state index is 5.83. The molecule has 0 saturated heterocycles. The predicted molar refractivity (Wildman–Crippen MR) is 43.7 cm³/mol. The summed E-state index contributed by atoms with van der Waals surface area (Å²) in [6.45, 7) is 2.26. The summed E-state index contributed by atoms with van der Waals surface area (Å²) in [6, 6.07) is 0.474. The molecule has 0 aliphatic heterocycles. The van der Waals surface area contributed by atoms with E-state index in [0.717, 1.165) is 11.2 Å². The lowest BCUT2D eigenvalue weighted by molar-refractivity contribution is 0.535. The summed E-state index contributed by atoms with van der Waals surface area (Å²) in [7, 11) is 0. The summed E-state index contributed by atoms with van der Waals surface area (Å²) >= 11 is 1.96. The van der Waals surface area contributed by atoms with Gasteiger partial charge in [-0.2, -0.15) is 11.8 Å². The van der Waals surface area contributed by atoms with Gasteiger partial charge in [0.15, 0.2) is 0 Å². The molecule has 2 heteroatoms. The molecule has 3 atom stereocenters. The average Bonchev–Trinajstić information content (AvgIpc) is 2.15. The minimum absolute atomic E-state index is 0.474. The quantitative estimate of drug-likeness (QED) is 0.605. The van der Waals surface area contributed by atoms with Crippen LogP contribution in [0.4, 0.5) is 0 Å². The first-order valence-electron chi connectivity index (χ1n) is 3.54. The molecule has 9 heavy (non-hydrogen) atoms. The van der Waals surface area contributed by atoms with Crippen LogP contribution in [0.25, 0.3) is 0 Å². The van der Waals surface area contributed by atoms with Crippen molar-refractivity contribution in [2.45, 2.75) is 31.1 Å². The van der Waals surface area contributed by atoms with Crippen LogP contribution >= 0.6 is 11.8 Å². The van der Waals surface area contributed by atoms with E-state index in [1.54, 1.807) is 0 Å². The highest BCUT2D eigenvalue weighted by Crippen LogP contribution is 2.32. The van der Waals surface area contributed by atoms with Crippen molar-refractivity contribution >= 4 is 11.8 Å². The van der Waals surface area contributed by atoms with Gasteiger partial charge in [0.1, 0.15) is 0 Å². The summed E-state index contributed by atoms with van der Waals surface area (Å²) < 4.78 is 0. The van der Waals surface area contributed by atoms with E-state index in [0.29, 0.717) is 6.04 Å². The minimum atomic E-state index is 0.474. The molecule has 0 aromatic rings. The molecular weight excluding hydrogens is 130 g/mol. The molecule has 1 fully saturated rings. The summed E-state index contributed by atoms with van der Waals surface area (Å²) in [6.07, 6.45) is 4.73. The summed E-state index contributed by atoms with van der Waals surface area (Å²) in [5, 5.41) is 0.833. The van der Waals surface area contributed by atoms with Crippen LogP contribution < -0.4 is 5.73 Å². The Morgan fingerprint density at radius 1 is 1.44 bits per heavy atom. The van der Waals surface area contributed by atoms with E-state index in [4.69, 9.17) is 5.73 Å². The molecule has 0 spiro atoms. The standard InChI is InChI=1S/C7H15NS/c1-5-6(8)3-4-7(5)9-2/h5-7H,3-4,8H2,1-2H3. The van der Waals surface area contributed by atoms with Crippen LogP contribution in [0.5, 0.6) is 0 Å². The lowest BCUT2D eigenvalue weighted by Crippen LogP contribution is -2.25. The van der Waals surface area contributed by atoms with Crippen molar-refractivity contribution in [1.29, 1.82) is 0 Å². The Labute approximate surface area is 61.4 Å². The second-order valence-corrected chi connectivity index (χ2v) is 3.95. The Hall–Kier alpha value is 0.310. The third kappa shape index (κ3) is 1.41. The Balaban J connectivity index is 2.41. The van der Waals surface area contributed by atoms with E-state index in [2.05, 4.69) is 13.2 Å². The van der Waals surface area contributed by atoms with Crippen LogP contribution in [0.3, 0.4) is 0 Å². The van der Waals surface area contributed by atoms with Crippen LogP contribution in [0.2, 0.25) is 0 Å². The number of rotatable bonds is 1. The van der Waals surface area contributed by atoms with Gasteiger partial charge in [-0.25, -0.2) is 0 Å². The van der Waals surface area contributed by atoms with Crippen molar-refractivity contribution in [3.63, 3.8) is 0 Å². The van der Waals surface area contributed by atoms with Crippen LogP contribution in [0.1, 0.15) is 19.8 Å². The average molecular weight is 145 g/mol. The normalized spacial score (nSPS) is 43.7. The maximum atomic E-state index is 5.83. The Morgan fingerprint density at radius 2 is 2.11 bits per heavy atom. The fraction of sp³-hybridized carbons (Fsp3) is 1.00. The second-order valence-electron chi connectivity index (χ2n) is 2.87. The number of thioether (sulfide) groups is 1. The van der Waals surface area contributed by atoms with Crippen LogP contribution in [0, 0.1) is 5.92 Å². The fourth-order valence-corrected chi connectivity index (χ4v) is 2.49. The number of hydrogen-bond acceptors (Lipinski definition) is 2. The first-order chi connectivity index (χ1) is 4.25. The lowest BCUT2D eigenvalue weighted by atomic mass is 10.1. The second kappa shape index (κ2) is 2.93. The monoisotopic (exact) mass is 145 g/mol. The van der Waals surface area contributed by atoms with Crippen LogP contribution in [-0.2, 0) is 0 Å². The summed E-state index contributed by atoms with van der Waals surface area (Å²) in [5.41, 5.74) is 5.83. The van der Waals surface area contributed by atoms with E-state index in [1.165, 1.54) is 12.8 Å². The van der Waals surface area contributed by atoms with Crippen molar-refractivity contribution in [3.05, 3.63) is 0 Å². The van der Waals surface area contributed by atoms with Gasteiger partial charge >= 0.3 is 0 Å². The molecule has 0 aromatic heterocycles. The van der Waals surface area contributed by atoms with E-state index in [1.807, 2.05) is 11.8 Å². The van der Waals surface area contributed by atoms with Crippen LogP contribution in [0.15, 0.2) is 0 Å². The van der Waals surface area contributed by atoms with Gasteiger partial charge in [0.2, 0.25) is 0 Å². The molecule has 3 unspecified atom stereocenters. The SMILES string of the molecule is CSC1CCC(N)C1C. The third-order valence-electron chi connectivity index (χ3n) is 2.35. The molecule has 1 aliphatic rings. The zero-order valence-corrected chi connectivity index (χ0v) is 6.95.